The van der Waals surface area contributed by atoms with E-state index in [0.717, 1.165) is 18.7 Å². The van der Waals surface area contributed by atoms with Gasteiger partial charge in [-0.05, 0) is 13.3 Å². The number of thioether (sulfide) groups is 1. The molecule has 0 aliphatic carbocycles. The van der Waals surface area contributed by atoms with Crippen molar-refractivity contribution in [3.05, 3.63) is 0 Å². The molecule has 0 spiro atoms. The van der Waals surface area contributed by atoms with Crippen molar-refractivity contribution in [3.63, 3.8) is 0 Å². The van der Waals surface area contributed by atoms with E-state index in [1.807, 2.05) is 18.7 Å². The Morgan fingerprint density at radius 1 is 1.56 bits per heavy atom. The summed E-state index contributed by atoms with van der Waals surface area (Å²) in [5, 5.41) is -0.360. The van der Waals surface area contributed by atoms with Crippen LogP contribution in [0.5, 0.6) is 0 Å². The molecule has 0 aromatic carbocycles. The zero-order chi connectivity index (χ0) is 12.4. The lowest BCUT2D eigenvalue weighted by Crippen LogP contribution is -2.55. The van der Waals surface area contributed by atoms with Crippen molar-refractivity contribution in [2.45, 2.75) is 31.2 Å². The molecular formula is C10H22N2O2S2. The lowest BCUT2D eigenvalue weighted by atomic mass is 10.00. The Hall–Kier alpha value is 0.220. The normalized spacial score (nSPS) is 27.6. The third-order valence-electron chi connectivity index (χ3n) is 3.06. The second-order valence-electron chi connectivity index (χ2n) is 4.84. The van der Waals surface area contributed by atoms with E-state index in [0.29, 0.717) is 12.3 Å². The molecule has 0 aromatic rings. The Bertz CT molecular complexity index is 328. The SMILES string of the molecule is CCC(C)(N)CN1CCSCC1S(C)(=O)=O. The third-order valence-corrected chi connectivity index (χ3v) is 5.74. The number of rotatable bonds is 4. The molecular weight excluding hydrogens is 244 g/mol. The van der Waals surface area contributed by atoms with E-state index in [2.05, 4.69) is 0 Å². The fourth-order valence-corrected chi connectivity index (χ4v) is 4.71. The zero-order valence-electron chi connectivity index (χ0n) is 10.3. The lowest BCUT2D eigenvalue weighted by molar-refractivity contribution is 0.210. The van der Waals surface area contributed by atoms with E-state index in [4.69, 9.17) is 5.73 Å². The van der Waals surface area contributed by atoms with Gasteiger partial charge in [-0.3, -0.25) is 4.90 Å². The Morgan fingerprint density at radius 3 is 2.69 bits per heavy atom. The van der Waals surface area contributed by atoms with Gasteiger partial charge >= 0.3 is 0 Å². The topological polar surface area (TPSA) is 63.4 Å². The maximum absolute atomic E-state index is 11.7. The van der Waals surface area contributed by atoms with Crippen LogP contribution in [0.2, 0.25) is 0 Å². The Balaban J connectivity index is 2.76. The van der Waals surface area contributed by atoms with Crippen LogP contribution in [-0.2, 0) is 9.84 Å². The van der Waals surface area contributed by atoms with Gasteiger partial charge in [0.25, 0.3) is 0 Å². The summed E-state index contributed by atoms with van der Waals surface area (Å²) in [4.78, 5) is 2.02. The van der Waals surface area contributed by atoms with Crippen LogP contribution in [0.4, 0.5) is 0 Å². The summed E-state index contributed by atoms with van der Waals surface area (Å²) in [5.74, 6) is 1.66. The molecule has 1 fully saturated rings. The first-order valence-corrected chi connectivity index (χ1v) is 8.67. The predicted molar refractivity (Wildman–Crippen MR) is 70.4 cm³/mol. The van der Waals surface area contributed by atoms with E-state index in [1.54, 1.807) is 11.8 Å². The highest BCUT2D eigenvalue weighted by Gasteiger charge is 2.33. The summed E-state index contributed by atoms with van der Waals surface area (Å²) < 4.78 is 23.4. The van der Waals surface area contributed by atoms with Crippen LogP contribution in [0.1, 0.15) is 20.3 Å². The van der Waals surface area contributed by atoms with Gasteiger partial charge in [-0.25, -0.2) is 8.42 Å². The first-order valence-electron chi connectivity index (χ1n) is 5.56. The van der Waals surface area contributed by atoms with E-state index >= 15 is 0 Å². The molecule has 0 radical (unpaired) electrons. The van der Waals surface area contributed by atoms with Gasteiger partial charge in [-0.2, -0.15) is 11.8 Å². The smallest absolute Gasteiger partial charge is 0.164 e. The van der Waals surface area contributed by atoms with Crippen molar-refractivity contribution >= 4 is 21.6 Å². The molecule has 1 heterocycles. The molecule has 0 aromatic heterocycles. The van der Waals surface area contributed by atoms with E-state index < -0.39 is 9.84 Å². The Kier molecular flexibility index (Phi) is 4.68. The van der Waals surface area contributed by atoms with Crippen LogP contribution in [0.15, 0.2) is 0 Å². The molecule has 2 atom stereocenters. The van der Waals surface area contributed by atoms with Crippen LogP contribution in [0.25, 0.3) is 0 Å². The van der Waals surface area contributed by atoms with Crippen molar-refractivity contribution in [2.75, 3.05) is 30.9 Å². The van der Waals surface area contributed by atoms with Gasteiger partial charge in [0.15, 0.2) is 9.84 Å². The zero-order valence-corrected chi connectivity index (χ0v) is 11.9. The van der Waals surface area contributed by atoms with Gasteiger partial charge < -0.3 is 5.73 Å². The Labute approximate surface area is 103 Å². The van der Waals surface area contributed by atoms with Crippen molar-refractivity contribution in [3.8, 4) is 0 Å². The first kappa shape index (κ1) is 14.3. The second kappa shape index (κ2) is 5.25. The molecule has 1 aliphatic heterocycles. The molecule has 1 rings (SSSR count). The van der Waals surface area contributed by atoms with E-state index in [9.17, 15) is 8.42 Å². The summed E-state index contributed by atoms with van der Waals surface area (Å²) >= 11 is 1.71. The predicted octanol–water partition coefficient (Wildman–Crippen LogP) is 0.533. The van der Waals surface area contributed by atoms with Crippen LogP contribution in [0, 0.1) is 0 Å². The molecule has 16 heavy (non-hydrogen) atoms. The minimum atomic E-state index is -3.01. The Morgan fingerprint density at radius 2 is 2.19 bits per heavy atom. The molecule has 0 amide bonds. The minimum absolute atomic E-state index is 0.301. The van der Waals surface area contributed by atoms with Crippen LogP contribution in [-0.4, -0.2) is 55.1 Å². The number of hydrogen-bond acceptors (Lipinski definition) is 5. The molecule has 4 nitrogen and oxygen atoms in total. The van der Waals surface area contributed by atoms with E-state index in [-0.39, 0.29) is 10.9 Å². The van der Waals surface area contributed by atoms with Gasteiger partial charge in [-0.15, -0.1) is 0 Å². The minimum Gasteiger partial charge on any atom is -0.324 e. The lowest BCUT2D eigenvalue weighted by Gasteiger charge is -2.38. The van der Waals surface area contributed by atoms with Gasteiger partial charge in [-0.1, -0.05) is 6.92 Å². The maximum Gasteiger partial charge on any atom is 0.164 e. The van der Waals surface area contributed by atoms with Gasteiger partial charge in [0.2, 0.25) is 0 Å². The highest BCUT2D eigenvalue weighted by atomic mass is 32.2. The summed E-state index contributed by atoms with van der Waals surface area (Å²) in [6, 6.07) is 0. The monoisotopic (exact) mass is 266 g/mol. The van der Waals surface area contributed by atoms with Crippen molar-refractivity contribution in [1.82, 2.24) is 4.90 Å². The molecule has 2 unspecified atom stereocenters. The van der Waals surface area contributed by atoms with Gasteiger partial charge in [0.05, 0.1) is 0 Å². The van der Waals surface area contributed by atoms with E-state index in [1.165, 1.54) is 6.26 Å². The number of nitrogens with zero attached hydrogens (tertiary/aromatic N) is 1. The van der Waals surface area contributed by atoms with Crippen molar-refractivity contribution in [1.29, 1.82) is 0 Å². The highest BCUT2D eigenvalue weighted by molar-refractivity contribution is 8.00. The fraction of sp³-hybridized carbons (Fsp3) is 1.00. The molecule has 96 valence electrons. The van der Waals surface area contributed by atoms with Gasteiger partial charge in [0, 0.05) is 36.4 Å². The maximum atomic E-state index is 11.7. The summed E-state index contributed by atoms with van der Waals surface area (Å²) in [6.45, 7) is 5.49. The van der Waals surface area contributed by atoms with Crippen molar-refractivity contribution in [2.24, 2.45) is 5.73 Å². The second-order valence-corrected chi connectivity index (χ2v) is 8.19. The number of hydrogen-bond donors (Lipinski definition) is 1. The fourth-order valence-electron chi connectivity index (χ4n) is 1.77. The molecule has 1 aliphatic rings. The molecule has 0 saturated carbocycles. The highest BCUT2D eigenvalue weighted by Crippen LogP contribution is 2.22. The van der Waals surface area contributed by atoms with Crippen LogP contribution < -0.4 is 5.73 Å². The van der Waals surface area contributed by atoms with Crippen LogP contribution in [0.3, 0.4) is 0 Å². The molecule has 0 bridgehead atoms. The molecule has 6 heteroatoms. The molecule has 1 saturated heterocycles. The molecule has 2 N–H and O–H groups in total. The average Bonchev–Trinajstić information content (AvgIpc) is 2.16. The summed E-state index contributed by atoms with van der Waals surface area (Å²) in [6.07, 6.45) is 2.17. The third kappa shape index (κ3) is 3.91. The summed E-state index contributed by atoms with van der Waals surface area (Å²) in [5.41, 5.74) is 5.81. The number of nitrogens with two attached hydrogens (primary N) is 1. The standard InChI is InChI=1S/C10H22N2O2S2/c1-4-10(2,11)8-12-5-6-15-7-9(12)16(3,13)14/h9H,4-8,11H2,1-3H3. The average molecular weight is 266 g/mol. The largest absolute Gasteiger partial charge is 0.324 e. The van der Waals surface area contributed by atoms with Crippen LogP contribution >= 0.6 is 11.8 Å². The van der Waals surface area contributed by atoms with Gasteiger partial charge in [0.1, 0.15) is 5.37 Å². The summed E-state index contributed by atoms with van der Waals surface area (Å²) in [7, 11) is -3.01. The number of sulfone groups is 1. The van der Waals surface area contributed by atoms with Crippen molar-refractivity contribution < 1.29 is 8.42 Å². The quantitative estimate of drug-likeness (QED) is 0.804. The first-order chi connectivity index (χ1) is 7.26.